The van der Waals surface area contributed by atoms with Gasteiger partial charge in [0.2, 0.25) is 0 Å². The molecule has 18 aromatic rings. The lowest BCUT2D eigenvalue weighted by Gasteiger charge is -2.27. The maximum absolute atomic E-state index is 2.58. The van der Waals surface area contributed by atoms with Crippen LogP contribution in [0.4, 0.5) is 34.1 Å². The molecular weight excluding hydrogens is 1050 g/mol. The lowest BCUT2D eigenvalue weighted by molar-refractivity contribution is 0.591. The van der Waals surface area contributed by atoms with Crippen molar-refractivity contribution in [1.82, 2.24) is 4.40 Å². The van der Waals surface area contributed by atoms with E-state index < -0.39 is 0 Å². The van der Waals surface area contributed by atoms with Crippen LogP contribution in [0.15, 0.2) is 243 Å². The molecule has 5 heterocycles. The van der Waals surface area contributed by atoms with Gasteiger partial charge in [0.25, 0.3) is 0 Å². The molecule has 5 aromatic heterocycles. The summed E-state index contributed by atoms with van der Waals surface area (Å²) in [6.07, 6.45) is 0. The molecule has 3 nitrogen and oxygen atoms in total. The summed E-state index contributed by atoms with van der Waals surface area (Å²) in [4.78, 5) is 5.02. The average molecular weight is 1100 g/mol. The number of aromatic nitrogens is 1. The first kappa shape index (κ1) is 46.5. The Morgan fingerprint density at radius 3 is 1.51 bits per heavy atom. The fourth-order valence-corrected chi connectivity index (χ4v) is 17.6. The van der Waals surface area contributed by atoms with E-state index in [2.05, 4.69) is 278 Å². The second-order valence-corrected chi connectivity index (χ2v) is 26.3. The minimum absolute atomic E-state index is 0.0393. The van der Waals surface area contributed by atoms with Gasteiger partial charge in [-0.3, -0.25) is 0 Å². The molecule has 0 radical (unpaired) electrons. The smallest absolute Gasteiger partial charge is 0.0641 e. The van der Waals surface area contributed by atoms with Gasteiger partial charge in [-0.25, -0.2) is 0 Å². The van der Waals surface area contributed by atoms with Crippen molar-refractivity contribution in [1.29, 1.82) is 0 Å². The zero-order chi connectivity index (χ0) is 54.1. The van der Waals surface area contributed by atoms with Gasteiger partial charge in [-0.1, -0.05) is 178 Å². The van der Waals surface area contributed by atoms with Gasteiger partial charge >= 0.3 is 0 Å². The number of hydrogen-bond acceptors (Lipinski definition) is 5. The zero-order valence-electron chi connectivity index (χ0n) is 45.2. The number of nitrogens with zero attached hydrogens (tertiary/aromatic N) is 3. The normalized spacial score (nSPS) is 12.6. The molecule has 0 unspecified atom stereocenters. The Hall–Kier alpha value is -9.30. The predicted molar refractivity (Wildman–Crippen MR) is 360 cm³/mol. The Bertz CT molecular complexity index is 5700. The fourth-order valence-electron chi connectivity index (χ4n) is 13.9. The number of fused-ring (bicyclic) bond motifs is 22. The van der Waals surface area contributed by atoms with Crippen molar-refractivity contribution < 1.29 is 0 Å². The van der Waals surface area contributed by atoms with E-state index in [1.807, 2.05) is 34.0 Å². The van der Waals surface area contributed by atoms with Crippen LogP contribution in [-0.2, 0) is 5.41 Å². The molecule has 0 aliphatic rings. The van der Waals surface area contributed by atoms with Crippen molar-refractivity contribution in [2.24, 2.45) is 0 Å². The molecular formula is C76H49N3S3. The third-order valence-corrected chi connectivity index (χ3v) is 21.2. The Balaban J connectivity index is 0.855. The lowest BCUT2D eigenvalue weighted by atomic mass is 9.86. The molecule has 82 heavy (non-hydrogen) atoms. The molecule has 0 saturated carbocycles. The largest absolute Gasteiger partial charge is 0.309 e. The molecule has 0 aliphatic carbocycles. The van der Waals surface area contributed by atoms with Crippen LogP contribution in [0.25, 0.3) is 131 Å². The number of hydrogen-bond donors (Lipinski definition) is 0. The van der Waals surface area contributed by atoms with Crippen LogP contribution in [0, 0.1) is 0 Å². The first-order valence-electron chi connectivity index (χ1n) is 28.2. The van der Waals surface area contributed by atoms with Crippen LogP contribution in [0.2, 0.25) is 0 Å². The van der Waals surface area contributed by atoms with E-state index in [0.29, 0.717) is 0 Å². The third-order valence-electron chi connectivity index (χ3n) is 17.6. The summed E-state index contributed by atoms with van der Waals surface area (Å²) in [7, 11) is 0. The lowest BCUT2D eigenvalue weighted by Crippen LogP contribution is -2.11. The van der Waals surface area contributed by atoms with Crippen molar-refractivity contribution in [3.63, 3.8) is 0 Å². The number of benzene rings is 13. The summed E-state index contributed by atoms with van der Waals surface area (Å²) in [5.41, 5.74) is 12.0. The van der Waals surface area contributed by atoms with E-state index in [1.165, 1.54) is 154 Å². The highest BCUT2D eigenvalue weighted by atomic mass is 32.1. The van der Waals surface area contributed by atoms with Gasteiger partial charge in [0, 0.05) is 95.1 Å². The fraction of sp³-hybridized carbons (Fsp3) is 0.0526. The number of anilines is 6. The van der Waals surface area contributed by atoms with Gasteiger partial charge in [-0.2, -0.15) is 0 Å². The molecule has 0 bridgehead atoms. The molecule has 18 rings (SSSR count). The molecule has 6 heteroatoms. The standard InChI is InChI=1S/C76H49N3S3/c1-76(2,3)46-30-37-60-59(42-46)71-62(78(48-20-8-5-9-21-48)64-27-15-25-58-70-51-23-13-11-17-45(51)29-41-66(70)81-75(58)64)39-36-56-68-53-33-34-54-52-32-31-49(43-67(52)82-73(54)55(53)35-38-61(68)79(60)72(56)71)77(47-18-6-4-7-19-47)63-26-14-24-57-69-50-22-12-10-16-44(50)28-40-65(69)80-74(57)63/h4-43H,1-3H3. The number of thiophene rings is 3. The van der Waals surface area contributed by atoms with Crippen LogP contribution in [0.5, 0.6) is 0 Å². The second kappa shape index (κ2) is 17.1. The molecule has 0 fully saturated rings. The number of para-hydroxylation sites is 2. The van der Waals surface area contributed by atoms with Gasteiger partial charge in [0.05, 0.1) is 43.0 Å². The zero-order valence-corrected chi connectivity index (χ0v) is 47.6. The van der Waals surface area contributed by atoms with Gasteiger partial charge in [-0.15, -0.1) is 34.0 Å². The van der Waals surface area contributed by atoms with Crippen LogP contribution >= 0.6 is 34.0 Å². The first-order valence-corrected chi connectivity index (χ1v) is 30.7. The van der Waals surface area contributed by atoms with Crippen molar-refractivity contribution in [3.8, 4) is 0 Å². The van der Waals surface area contributed by atoms with Crippen LogP contribution in [-0.4, -0.2) is 4.40 Å². The third kappa shape index (κ3) is 6.51. The highest BCUT2D eigenvalue weighted by Gasteiger charge is 2.29. The summed E-state index contributed by atoms with van der Waals surface area (Å²) in [6, 6.07) is 91.3. The molecule has 386 valence electrons. The van der Waals surface area contributed by atoms with Crippen LogP contribution in [0.3, 0.4) is 0 Å². The Labute approximate surface area is 484 Å². The SMILES string of the molecule is CC(C)(C)c1ccc2c(c1)c1c(N(c3ccccc3)c3cccc4c3sc3ccc5ccccc5c34)ccc3c4c5ccc6c7ccc(N(c8ccccc8)c8cccc9c8sc8ccc%10ccccc%10c89)cc7sc6c5ccc4n2c31. The van der Waals surface area contributed by atoms with Crippen LogP contribution in [0.1, 0.15) is 26.3 Å². The summed E-state index contributed by atoms with van der Waals surface area (Å²) in [6.45, 7) is 6.99. The highest BCUT2D eigenvalue weighted by Crippen LogP contribution is 2.54. The minimum atomic E-state index is -0.0393. The van der Waals surface area contributed by atoms with E-state index in [-0.39, 0.29) is 5.41 Å². The van der Waals surface area contributed by atoms with Crippen molar-refractivity contribution in [2.75, 3.05) is 9.80 Å². The Morgan fingerprint density at radius 2 is 0.841 bits per heavy atom. The topological polar surface area (TPSA) is 10.9 Å². The van der Waals surface area contributed by atoms with E-state index >= 15 is 0 Å². The maximum Gasteiger partial charge on any atom is 0.0641 e. The van der Waals surface area contributed by atoms with E-state index in [9.17, 15) is 0 Å². The quantitative estimate of drug-likeness (QED) is 0.164. The summed E-state index contributed by atoms with van der Waals surface area (Å²) < 4.78 is 10.4. The average Bonchev–Trinajstić information content (AvgIpc) is 1.96. The van der Waals surface area contributed by atoms with Gasteiger partial charge in [0.1, 0.15) is 0 Å². The summed E-state index contributed by atoms with van der Waals surface area (Å²) in [5.74, 6) is 0. The predicted octanol–water partition coefficient (Wildman–Crippen LogP) is 23.6. The van der Waals surface area contributed by atoms with Gasteiger partial charge in [0.15, 0.2) is 0 Å². The van der Waals surface area contributed by atoms with E-state index in [0.717, 1.165) is 17.1 Å². The molecule has 0 saturated heterocycles. The second-order valence-electron chi connectivity index (χ2n) is 23.1. The van der Waals surface area contributed by atoms with Crippen molar-refractivity contribution in [2.45, 2.75) is 26.2 Å². The summed E-state index contributed by atoms with van der Waals surface area (Å²) >= 11 is 5.72. The molecule has 0 amide bonds. The molecule has 0 spiro atoms. The van der Waals surface area contributed by atoms with E-state index in [1.54, 1.807) is 0 Å². The monoisotopic (exact) mass is 1100 g/mol. The molecule has 0 aliphatic heterocycles. The Morgan fingerprint density at radius 1 is 0.305 bits per heavy atom. The van der Waals surface area contributed by atoms with Crippen LogP contribution < -0.4 is 9.80 Å². The highest BCUT2D eigenvalue weighted by molar-refractivity contribution is 7.27. The number of rotatable bonds is 6. The van der Waals surface area contributed by atoms with Gasteiger partial charge < -0.3 is 14.2 Å². The molecule has 13 aromatic carbocycles. The van der Waals surface area contributed by atoms with Gasteiger partial charge in [-0.05, 0) is 123 Å². The first-order chi connectivity index (χ1) is 40.3. The summed E-state index contributed by atoms with van der Waals surface area (Å²) in [5, 5.41) is 20.7. The van der Waals surface area contributed by atoms with Crippen molar-refractivity contribution in [3.05, 3.63) is 248 Å². The molecule has 0 atom stereocenters. The minimum Gasteiger partial charge on any atom is -0.309 e. The van der Waals surface area contributed by atoms with Crippen molar-refractivity contribution >= 4 is 199 Å². The maximum atomic E-state index is 2.58. The Kier molecular flexibility index (Phi) is 9.70. The molecule has 0 N–H and O–H groups in total. The van der Waals surface area contributed by atoms with E-state index in [4.69, 9.17) is 0 Å².